The number of hydrogen-bond donors (Lipinski definition) is 2. The van der Waals surface area contributed by atoms with Crippen LogP contribution < -0.4 is 5.43 Å². The van der Waals surface area contributed by atoms with Crippen LogP contribution in [0.25, 0.3) is 10.8 Å². The first-order chi connectivity index (χ1) is 11.5. The lowest BCUT2D eigenvalue weighted by atomic mass is 10.1. The van der Waals surface area contributed by atoms with Crippen molar-refractivity contribution in [2.45, 2.75) is 0 Å². The maximum Gasteiger partial charge on any atom is 0.289 e. The second-order valence-corrected chi connectivity index (χ2v) is 6.71. The fourth-order valence-electron chi connectivity index (χ4n) is 2.11. The van der Waals surface area contributed by atoms with Crippen molar-refractivity contribution in [3.8, 4) is 5.75 Å². The molecule has 2 aromatic carbocycles. The number of phenolic OH excluding ortho intramolecular Hbond substituents is 1. The molecule has 0 bridgehead atoms. The van der Waals surface area contributed by atoms with E-state index in [2.05, 4.69) is 47.4 Å². The Morgan fingerprint density at radius 2 is 1.92 bits per heavy atom. The molecule has 0 atom stereocenters. The van der Waals surface area contributed by atoms with Crippen LogP contribution in [-0.2, 0) is 0 Å². The quantitative estimate of drug-likeness (QED) is 0.465. The molecule has 0 aliphatic heterocycles. The zero-order valence-corrected chi connectivity index (χ0v) is 15.4. The summed E-state index contributed by atoms with van der Waals surface area (Å²) in [5.41, 5.74) is 3.13. The van der Waals surface area contributed by atoms with Gasteiger partial charge in [0.1, 0.15) is 11.4 Å². The molecular formula is C17H11Br2N3O2. The Morgan fingerprint density at radius 1 is 1.17 bits per heavy atom. The van der Waals surface area contributed by atoms with Crippen LogP contribution in [0.1, 0.15) is 16.1 Å². The number of amides is 1. The Labute approximate surface area is 154 Å². The van der Waals surface area contributed by atoms with Crippen molar-refractivity contribution in [1.29, 1.82) is 0 Å². The van der Waals surface area contributed by atoms with Crippen molar-refractivity contribution in [3.05, 3.63) is 68.9 Å². The van der Waals surface area contributed by atoms with Gasteiger partial charge < -0.3 is 5.11 Å². The van der Waals surface area contributed by atoms with E-state index in [1.54, 1.807) is 24.4 Å². The molecular weight excluding hydrogens is 438 g/mol. The number of hydrogen-bond acceptors (Lipinski definition) is 4. The van der Waals surface area contributed by atoms with Crippen LogP contribution in [0.3, 0.4) is 0 Å². The first kappa shape index (κ1) is 16.6. The molecule has 1 aromatic heterocycles. The molecule has 0 radical (unpaired) electrons. The molecule has 1 amide bonds. The number of carbonyl (C=O) groups excluding carboxylic acids is 1. The van der Waals surface area contributed by atoms with Gasteiger partial charge in [-0.25, -0.2) is 5.43 Å². The highest BCUT2D eigenvalue weighted by atomic mass is 79.9. The number of fused-ring (bicyclic) bond motifs is 1. The summed E-state index contributed by atoms with van der Waals surface area (Å²) in [6.07, 6.45) is 3.01. The van der Waals surface area contributed by atoms with Crippen molar-refractivity contribution in [2.75, 3.05) is 0 Å². The minimum atomic E-state index is -0.425. The summed E-state index contributed by atoms with van der Waals surface area (Å²) in [6.45, 7) is 0. The van der Waals surface area contributed by atoms with Gasteiger partial charge in [0, 0.05) is 21.6 Å². The van der Waals surface area contributed by atoms with E-state index in [4.69, 9.17) is 0 Å². The molecule has 24 heavy (non-hydrogen) atoms. The summed E-state index contributed by atoms with van der Waals surface area (Å²) in [5, 5.41) is 15.7. The van der Waals surface area contributed by atoms with Gasteiger partial charge in [0.15, 0.2) is 0 Å². The molecule has 0 saturated heterocycles. The Hall–Kier alpha value is -2.25. The van der Waals surface area contributed by atoms with Gasteiger partial charge in [-0.2, -0.15) is 5.10 Å². The largest absolute Gasteiger partial charge is 0.506 e. The lowest BCUT2D eigenvalue weighted by molar-refractivity contribution is 0.0950. The Balaban J connectivity index is 1.77. The molecule has 5 nitrogen and oxygen atoms in total. The van der Waals surface area contributed by atoms with E-state index in [-0.39, 0.29) is 11.4 Å². The maximum atomic E-state index is 12.1. The van der Waals surface area contributed by atoms with E-state index in [1.165, 1.54) is 6.21 Å². The highest BCUT2D eigenvalue weighted by Gasteiger charge is 2.08. The van der Waals surface area contributed by atoms with E-state index in [9.17, 15) is 9.90 Å². The molecule has 0 saturated carbocycles. The van der Waals surface area contributed by atoms with E-state index in [0.717, 1.165) is 15.2 Å². The van der Waals surface area contributed by atoms with Crippen LogP contribution >= 0.6 is 31.9 Å². The number of nitrogens with one attached hydrogen (secondary N) is 1. The van der Waals surface area contributed by atoms with E-state index in [1.807, 2.05) is 24.3 Å². The maximum absolute atomic E-state index is 12.1. The molecule has 3 aromatic rings. The minimum Gasteiger partial charge on any atom is -0.506 e. The Bertz CT molecular complexity index is 958. The summed E-state index contributed by atoms with van der Waals surface area (Å²) in [7, 11) is 0. The van der Waals surface area contributed by atoms with E-state index < -0.39 is 5.91 Å². The lowest BCUT2D eigenvalue weighted by Crippen LogP contribution is -2.18. The number of carbonyl (C=O) groups is 1. The third-order valence-electron chi connectivity index (χ3n) is 3.29. The monoisotopic (exact) mass is 447 g/mol. The second kappa shape index (κ2) is 7.11. The van der Waals surface area contributed by atoms with Crippen LogP contribution in [0.5, 0.6) is 5.75 Å². The number of rotatable bonds is 3. The predicted molar refractivity (Wildman–Crippen MR) is 100 cm³/mol. The fraction of sp³-hybridized carbons (Fsp3) is 0. The van der Waals surface area contributed by atoms with Gasteiger partial charge in [-0.05, 0) is 39.5 Å². The van der Waals surface area contributed by atoms with Crippen LogP contribution in [0.2, 0.25) is 0 Å². The van der Waals surface area contributed by atoms with Crippen LogP contribution in [0, 0.1) is 0 Å². The van der Waals surface area contributed by atoms with Gasteiger partial charge in [0.25, 0.3) is 5.91 Å². The van der Waals surface area contributed by atoms with Crippen molar-refractivity contribution in [3.63, 3.8) is 0 Å². The van der Waals surface area contributed by atoms with Crippen molar-refractivity contribution >= 4 is 54.8 Å². The summed E-state index contributed by atoms with van der Waals surface area (Å²) < 4.78 is 1.30. The number of halogens is 2. The topological polar surface area (TPSA) is 74.6 Å². The molecule has 0 spiro atoms. The molecule has 0 fully saturated rings. The number of benzene rings is 2. The highest BCUT2D eigenvalue weighted by molar-refractivity contribution is 9.11. The van der Waals surface area contributed by atoms with Gasteiger partial charge in [0.05, 0.1) is 10.7 Å². The molecule has 0 unspecified atom stereocenters. The summed E-state index contributed by atoms with van der Waals surface area (Å²) in [4.78, 5) is 16.3. The van der Waals surface area contributed by atoms with Crippen molar-refractivity contribution in [1.82, 2.24) is 10.4 Å². The zero-order valence-electron chi connectivity index (χ0n) is 12.2. The first-order valence-electron chi connectivity index (χ1n) is 6.91. The number of nitrogens with zero attached hydrogens (tertiary/aromatic N) is 2. The number of aromatic nitrogens is 1. The third-order valence-corrected chi connectivity index (χ3v) is 4.35. The van der Waals surface area contributed by atoms with Gasteiger partial charge in [0.2, 0.25) is 0 Å². The zero-order chi connectivity index (χ0) is 17.1. The molecule has 0 aliphatic rings. The molecule has 7 heteroatoms. The predicted octanol–water partition coefficient (Wildman–Crippen LogP) is 4.23. The number of aromatic hydroxyl groups is 1. The molecule has 2 N–H and O–H groups in total. The first-order valence-corrected chi connectivity index (χ1v) is 8.49. The normalized spacial score (nSPS) is 11.1. The highest BCUT2D eigenvalue weighted by Crippen LogP contribution is 2.30. The van der Waals surface area contributed by atoms with Crippen LogP contribution in [-0.4, -0.2) is 22.2 Å². The molecule has 1 heterocycles. The molecule has 3 rings (SSSR count). The van der Waals surface area contributed by atoms with Gasteiger partial charge in [-0.1, -0.05) is 40.2 Å². The number of pyridine rings is 1. The van der Waals surface area contributed by atoms with E-state index >= 15 is 0 Å². The van der Waals surface area contributed by atoms with Crippen molar-refractivity contribution < 1.29 is 9.90 Å². The average molecular weight is 449 g/mol. The van der Waals surface area contributed by atoms with Crippen LogP contribution in [0.15, 0.2) is 62.7 Å². The second-order valence-electron chi connectivity index (χ2n) is 4.94. The Kier molecular flexibility index (Phi) is 4.92. The smallest absolute Gasteiger partial charge is 0.289 e. The standard InChI is InChI=1S/C17H11Br2N3O2/c18-13-5-12(16(23)14(19)7-13)9-21-22-17(24)15-6-10-3-1-2-4-11(10)8-20-15/h1-9,23H,(H,22,24)/b21-9+. The van der Waals surface area contributed by atoms with Gasteiger partial charge >= 0.3 is 0 Å². The van der Waals surface area contributed by atoms with Crippen molar-refractivity contribution in [2.24, 2.45) is 5.10 Å². The van der Waals surface area contributed by atoms with Gasteiger partial charge in [-0.3, -0.25) is 9.78 Å². The van der Waals surface area contributed by atoms with Gasteiger partial charge in [-0.15, -0.1) is 0 Å². The molecule has 0 aliphatic carbocycles. The third kappa shape index (κ3) is 3.63. The fourth-order valence-corrected chi connectivity index (χ4v) is 3.37. The number of phenols is 1. The lowest BCUT2D eigenvalue weighted by Gasteiger charge is -2.04. The Morgan fingerprint density at radius 3 is 2.71 bits per heavy atom. The summed E-state index contributed by atoms with van der Waals surface area (Å²) >= 11 is 6.57. The SMILES string of the molecule is O=C(N/N=C/c1cc(Br)cc(Br)c1O)c1cc2ccccc2cn1. The van der Waals surface area contributed by atoms with Crippen LogP contribution in [0.4, 0.5) is 0 Å². The molecule has 120 valence electrons. The average Bonchev–Trinajstić information content (AvgIpc) is 2.58. The minimum absolute atomic E-state index is 0.0417. The summed E-state index contributed by atoms with van der Waals surface area (Å²) in [5.74, 6) is -0.384. The summed E-state index contributed by atoms with van der Waals surface area (Å²) in [6, 6.07) is 12.7. The van der Waals surface area contributed by atoms with E-state index in [0.29, 0.717) is 10.0 Å². The number of hydrazone groups is 1.